The molecule has 0 saturated carbocycles. The molecule has 0 unspecified atom stereocenters. The van der Waals surface area contributed by atoms with E-state index < -0.39 is 0 Å². The third kappa shape index (κ3) is 1.50. The van der Waals surface area contributed by atoms with E-state index in [0.717, 1.165) is 11.8 Å². The minimum atomic E-state index is -0.224. The molecule has 0 aliphatic heterocycles. The SMILES string of the molecule is CCc1ccc2c([O-])c([N+]#N)ccc2c1. The van der Waals surface area contributed by atoms with Crippen LogP contribution in [0.3, 0.4) is 0 Å². The van der Waals surface area contributed by atoms with Crippen molar-refractivity contribution < 1.29 is 5.11 Å². The van der Waals surface area contributed by atoms with Gasteiger partial charge in [0.1, 0.15) is 0 Å². The van der Waals surface area contributed by atoms with Crippen LogP contribution in [0.2, 0.25) is 0 Å². The minimum absolute atomic E-state index is 0.0896. The van der Waals surface area contributed by atoms with Crippen molar-refractivity contribution >= 4 is 16.5 Å². The second-order valence-electron chi connectivity index (χ2n) is 3.42. The second kappa shape index (κ2) is 3.58. The first-order valence-electron chi connectivity index (χ1n) is 4.84. The second-order valence-corrected chi connectivity index (χ2v) is 3.42. The lowest BCUT2D eigenvalue weighted by Crippen LogP contribution is -1.91. The number of hydrogen-bond acceptors (Lipinski definition) is 2. The molecule has 0 aliphatic carbocycles. The van der Waals surface area contributed by atoms with E-state index in [1.807, 2.05) is 12.1 Å². The Balaban J connectivity index is 2.75. The number of benzene rings is 2. The van der Waals surface area contributed by atoms with E-state index in [9.17, 15) is 5.11 Å². The van der Waals surface area contributed by atoms with Gasteiger partial charge >= 0.3 is 5.69 Å². The quantitative estimate of drug-likeness (QED) is 0.661. The van der Waals surface area contributed by atoms with E-state index in [2.05, 4.69) is 11.9 Å². The van der Waals surface area contributed by atoms with Crippen molar-refractivity contribution in [3.63, 3.8) is 0 Å². The highest BCUT2D eigenvalue weighted by Gasteiger charge is 2.08. The molecule has 3 heteroatoms. The summed E-state index contributed by atoms with van der Waals surface area (Å²) in [5.74, 6) is -0.224. The molecule has 74 valence electrons. The van der Waals surface area contributed by atoms with Gasteiger partial charge in [-0.25, -0.2) is 0 Å². The third-order valence-electron chi connectivity index (χ3n) is 2.53. The minimum Gasteiger partial charge on any atom is -0.867 e. The van der Waals surface area contributed by atoms with Gasteiger partial charge in [0, 0.05) is 6.07 Å². The molecule has 0 atom stereocenters. The third-order valence-corrected chi connectivity index (χ3v) is 2.53. The van der Waals surface area contributed by atoms with Crippen LogP contribution in [0.25, 0.3) is 15.7 Å². The first-order valence-corrected chi connectivity index (χ1v) is 4.84. The number of aryl methyl sites for hydroxylation is 1. The van der Waals surface area contributed by atoms with Gasteiger partial charge < -0.3 is 5.11 Å². The highest BCUT2D eigenvalue weighted by molar-refractivity contribution is 5.93. The van der Waals surface area contributed by atoms with E-state index in [1.54, 1.807) is 12.1 Å². The molecule has 0 fully saturated rings. The van der Waals surface area contributed by atoms with Crippen molar-refractivity contribution in [1.29, 1.82) is 5.39 Å². The fourth-order valence-corrected chi connectivity index (χ4v) is 1.64. The Labute approximate surface area is 87.6 Å². The summed E-state index contributed by atoms with van der Waals surface area (Å²) in [5.41, 5.74) is 1.28. The molecular formula is C12H10N2O. The molecule has 2 aromatic rings. The number of diazo groups is 1. The average molecular weight is 198 g/mol. The van der Waals surface area contributed by atoms with Crippen molar-refractivity contribution in [3.8, 4) is 5.75 Å². The molecule has 15 heavy (non-hydrogen) atoms. The molecule has 0 radical (unpaired) electrons. The highest BCUT2D eigenvalue weighted by atomic mass is 16.3. The summed E-state index contributed by atoms with van der Waals surface area (Å²) in [6.07, 6.45) is 0.941. The van der Waals surface area contributed by atoms with E-state index >= 15 is 0 Å². The highest BCUT2D eigenvalue weighted by Crippen LogP contribution is 2.32. The summed E-state index contributed by atoms with van der Waals surface area (Å²) >= 11 is 0. The maximum absolute atomic E-state index is 11.7. The Morgan fingerprint density at radius 3 is 2.73 bits per heavy atom. The predicted molar refractivity (Wildman–Crippen MR) is 57.5 cm³/mol. The number of hydrogen-bond donors (Lipinski definition) is 0. The van der Waals surface area contributed by atoms with Gasteiger partial charge in [0.25, 0.3) is 0 Å². The van der Waals surface area contributed by atoms with Crippen LogP contribution in [-0.4, -0.2) is 0 Å². The van der Waals surface area contributed by atoms with Crippen molar-refractivity contribution in [2.75, 3.05) is 0 Å². The normalized spacial score (nSPS) is 10.1. The van der Waals surface area contributed by atoms with Gasteiger partial charge in [-0.3, -0.25) is 0 Å². The zero-order valence-corrected chi connectivity index (χ0v) is 8.40. The zero-order valence-electron chi connectivity index (χ0n) is 8.40. The van der Waals surface area contributed by atoms with Crippen LogP contribution in [0, 0.1) is 5.39 Å². The first-order chi connectivity index (χ1) is 7.26. The molecule has 0 aliphatic rings. The fourth-order valence-electron chi connectivity index (χ4n) is 1.64. The van der Waals surface area contributed by atoms with Gasteiger partial charge in [-0.15, -0.1) is 0 Å². The maximum atomic E-state index is 11.7. The topological polar surface area (TPSA) is 51.2 Å². The van der Waals surface area contributed by atoms with Crippen molar-refractivity contribution in [1.82, 2.24) is 0 Å². The average Bonchev–Trinajstić information content (AvgIpc) is 2.29. The Kier molecular flexibility index (Phi) is 2.26. The largest absolute Gasteiger partial charge is 0.867 e. The van der Waals surface area contributed by atoms with Crippen molar-refractivity contribution in [3.05, 3.63) is 40.9 Å². The lowest BCUT2D eigenvalue weighted by atomic mass is 10.0. The van der Waals surface area contributed by atoms with E-state index in [0.29, 0.717) is 5.39 Å². The van der Waals surface area contributed by atoms with Crippen molar-refractivity contribution in [2.45, 2.75) is 13.3 Å². The monoisotopic (exact) mass is 198 g/mol. The summed E-state index contributed by atoms with van der Waals surface area (Å²) in [4.78, 5) is 2.95. The van der Waals surface area contributed by atoms with Crippen LogP contribution in [0.5, 0.6) is 5.75 Å². The van der Waals surface area contributed by atoms with Crippen LogP contribution in [0.1, 0.15) is 12.5 Å². The van der Waals surface area contributed by atoms with Gasteiger partial charge in [-0.2, -0.15) is 0 Å². The van der Waals surface area contributed by atoms with Crippen LogP contribution < -0.4 is 5.11 Å². The number of fused-ring (bicyclic) bond motifs is 1. The van der Waals surface area contributed by atoms with E-state index in [4.69, 9.17) is 5.39 Å². The van der Waals surface area contributed by atoms with Crippen LogP contribution in [0.4, 0.5) is 5.69 Å². The Morgan fingerprint density at radius 2 is 2.07 bits per heavy atom. The molecule has 0 bridgehead atoms. The van der Waals surface area contributed by atoms with Crippen LogP contribution in [0.15, 0.2) is 30.3 Å². The van der Waals surface area contributed by atoms with Crippen molar-refractivity contribution in [2.24, 2.45) is 0 Å². The predicted octanol–water partition coefficient (Wildman–Crippen LogP) is 2.96. The summed E-state index contributed by atoms with van der Waals surface area (Å²) in [6.45, 7) is 2.07. The summed E-state index contributed by atoms with van der Waals surface area (Å²) in [5, 5.41) is 21.8. The van der Waals surface area contributed by atoms with Gasteiger partial charge in [0.05, 0.1) is 0 Å². The van der Waals surface area contributed by atoms with Crippen LogP contribution >= 0.6 is 0 Å². The molecule has 2 aromatic carbocycles. The molecule has 0 N–H and O–H groups in total. The zero-order chi connectivity index (χ0) is 10.8. The van der Waals surface area contributed by atoms with Gasteiger partial charge in [0.2, 0.25) is 5.39 Å². The Morgan fingerprint density at radius 1 is 1.27 bits per heavy atom. The number of rotatable bonds is 1. The molecule has 0 saturated heterocycles. The molecule has 0 amide bonds. The smallest absolute Gasteiger partial charge is 0.378 e. The summed E-state index contributed by atoms with van der Waals surface area (Å²) in [6, 6.07) is 9.02. The number of nitrogens with zero attached hydrogens (tertiary/aromatic N) is 2. The molecule has 2 rings (SSSR count). The molecule has 0 spiro atoms. The Hall–Kier alpha value is -2.08. The maximum Gasteiger partial charge on any atom is 0.378 e. The fraction of sp³-hybridized carbons (Fsp3) is 0.167. The van der Waals surface area contributed by atoms with Crippen LogP contribution in [-0.2, 0) is 6.42 Å². The molecule has 3 nitrogen and oxygen atoms in total. The lowest BCUT2D eigenvalue weighted by molar-refractivity contribution is -0.264. The lowest BCUT2D eigenvalue weighted by Gasteiger charge is -2.07. The standard InChI is InChI=1S/C12H10N2O/c1-2-8-3-5-10-9(7-8)4-6-11(14-13)12(10)15/h3-7H,2H2,1H3. The summed E-state index contributed by atoms with van der Waals surface area (Å²) < 4.78 is 0. The molecule has 0 heterocycles. The first kappa shape index (κ1) is 9.47. The van der Waals surface area contributed by atoms with Gasteiger partial charge in [-0.05, 0) is 34.6 Å². The van der Waals surface area contributed by atoms with Gasteiger partial charge in [0.15, 0.2) is 4.98 Å². The summed E-state index contributed by atoms with van der Waals surface area (Å²) in [7, 11) is 0. The Bertz CT molecular complexity index is 555. The van der Waals surface area contributed by atoms with E-state index in [-0.39, 0.29) is 11.4 Å². The molecular weight excluding hydrogens is 188 g/mol. The molecule has 0 aromatic heterocycles. The van der Waals surface area contributed by atoms with E-state index in [1.165, 1.54) is 11.6 Å². The van der Waals surface area contributed by atoms with Gasteiger partial charge in [-0.1, -0.05) is 25.1 Å².